The number of carboxylic acids is 1. The van der Waals surface area contributed by atoms with Crippen molar-refractivity contribution in [2.45, 2.75) is 5.67 Å². The van der Waals surface area contributed by atoms with Crippen LogP contribution in [0.1, 0.15) is 0 Å². The van der Waals surface area contributed by atoms with E-state index in [1.807, 2.05) is 0 Å². The minimum absolute atomic E-state index is 0.105. The first-order valence-corrected chi connectivity index (χ1v) is 3.82. The van der Waals surface area contributed by atoms with E-state index in [0.29, 0.717) is 6.54 Å². The molecule has 5 heteroatoms. The summed E-state index contributed by atoms with van der Waals surface area (Å²) in [7, 11) is 0. The molecular weight excluding hydrogens is 165 g/mol. The van der Waals surface area contributed by atoms with Gasteiger partial charge in [-0.2, -0.15) is 0 Å². The standard InChI is InChI=1S/C7H10FNO3/c8-7(5(10)11)2-9-1-6(7)3-12-4-6/h9H,1-4H2,(H,10,11)/t7-/m0/s1. The van der Waals surface area contributed by atoms with Gasteiger partial charge >= 0.3 is 5.97 Å². The molecule has 2 fully saturated rings. The molecule has 0 bridgehead atoms. The summed E-state index contributed by atoms with van der Waals surface area (Å²) in [6.07, 6.45) is 0. The average molecular weight is 175 g/mol. The first-order valence-electron chi connectivity index (χ1n) is 3.82. The summed E-state index contributed by atoms with van der Waals surface area (Å²) in [5.74, 6) is -1.38. The quantitative estimate of drug-likeness (QED) is 0.558. The molecule has 2 aliphatic rings. The van der Waals surface area contributed by atoms with E-state index in [1.54, 1.807) is 0 Å². The van der Waals surface area contributed by atoms with Crippen LogP contribution in [0, 0.1) is 5.41 Å². The minimum atomic E-state index is -2.13. The number of rotatable bonds is 1. The van der Waals surface area contributed by atoms with Crippen molar-refractivity contribution in [2.24, 2.45) is 5.41 Å². The zero-order valence-corrected chi connectivity index (χ0v) is 6.47. The summed E-state index contributed by atoms with van der Waals surface area (Å²) in [6, 6.07) is 0. The fourth-order valence-electron chi connectivity index (χ4n) is 1.78. The number of hydrogen-bond acceptors (Lipinski definition) is 3. The van der Waals surface area contributed by atoms with Crippen molar-refractivity contribution >= 4 is 5.97 Å². The molecule has 0 radical (unpaired) electrons. The molecule has 0 saturated carbocycles. The molecule has 2 rings (SSSR count). The Balaban J connectivity index is 2.29. The molecular formula is C7H10FNO3. The van der Waals surface area contributed by atoms with Crippen LogP contribution in [0.3, 0.4) is 0 Å². The average Bonchev–Trinajstić information content (AvgIpc) is 2.26. The van der Waals surface area contributed by atoms with E-state index < -0.39 is 17.1 Å². The van der Waals surface area contributed by atoms with Crippen LogP contribution >= 0.6 is 0 Å². The van der Waals surface area contributed by atoms with Crippen LogP contribution in [0.5, 0.6) is 0 Å². The molecule has 0 aliphatic carbocycles. The highest BCUT2D eigenvalue weighted by molar-refractivity contribution is 5.80. The Hall–Kier alpha value is -0.680. The number of carboxylic acid groups (broad SMARTS) is 1. The van der Waals surface area contributed by atoms with Gasteiger partial charge < -0.3 is 15.2 Å². The van der Waals surface area contributed by atoms with Crippen molar-refractivity contribution in [3.8, 4) is 0 Å². The van der Waals surface area contributed by atoms with Gasteiger partial charge in [0.05, 0.1) is 18.6 Å². The highest BCUT2D eigenvalue weighted by atomic mass is 19.1. The van der Waals surface area contributed by atoms with Gasteiger partial charge in [0.2, 0.25) is 5.67 Å². The van der Waals surface area contributed by atoms with Gasteiger partial charge in [-0.25, -0.2) is 9.18 Å². The molecule has 2 heterocycles. The molecule has 0 amide bonds. The van der Waals surface area contributed by atoms with Crippen molar-refractivity contribution in [3.63, 3.8) is 0 Å². The molecule has 1 spiro atoms. The van der Waals surface area contributed by atoms with Crippen molar-refractivity contribution in [2.75, 3.05) is 26.3 Å². The Bertz CT molecular complexity index is 229. The number of aliphatic carboxylic acids is 1. The fraction of sp³-hybridized carbons (Fsp3) is 0.857. The van der Waals surface area contributed by atoms with Crippen molar-refractivity contribution in [1.29, 1.82) is 0 Å². The van der Waals surface area contributed by atoms with E-state index in [9.17, 15) is 9.18 Å². The number of ether oxygens (including phenoxy) is 1. The normalized spacial score (nSPS) is 38.1. The molecule has 1 atom stereocenters. The molecule has 2 N–H and O–H groups in total. The Kier molecular flexibility index (Phi) is 1.44. The minimum Gasteiger partial charge on any atom is -0.479 e. The first kappa shape index (κ1) is 7.94. The molecule has 12 heavy (non-hydrogen) atoms. The third-order valence-electron chi connectivity index (χ3n) is 2.77. The van der Waals surface area contributed by atoms with Gasteiger partial charge in [0.15, 0.2) is 0 Å². The number of halogens is 1. The van der Waals surface area contributed by atoms with Gasteiger partial charge in [0.25, 0.3) is 0 Å². The van der Waals surface area contributed by atoms with Gasteiger partial charge in [0.1, 0.15) is 0 Å². The topological polar surface area (TPSA) is 58.6 Å². The number of hydrogen-bond donors (Lipinski definition) is 2. The van der Waals surface area contributed by atoms with E-state index in [-0.39, 0.29) is 19.8 Å². The van der Waals surface area contributed by atoms with Crippen LogP contribution < -0.4 is 5.32 Å². The molecule has 0 aromatic rings. The maximum absolute atomic E-state index is 13.8. The highest BCUT2D eigenvalue weighted by Crippen LogP contribution is 2.44. The predicted octanol–water partition coefficient (Wildman–Crippen LogP) is -0.601. The molecule has 2 aliphatic heterocycles. The van der Waals surface area contributed by atoms with Crippen LogP contribution in [-0.2, 0) is 9.53 Å². The summed E-state index contributed by atoms with van der Waals surface area (Å²) in [6.45, 7) is 0.715. The summed E-state index contributed by atoms with van der Waals surface area (Å²) in [5.41, 5.74) is -2.94. The third-order valence-corrected chi connectivity index (χ3v) is 2.77. The van der Waals surface area contributed by atoms with Crippen LogP contribution in [0.4, 0.5) is 4.39 Å². The lowest BCUT2D eigenvalue weighted by Gasteiger charge is -2.43. The summed E-state index contributed by atoms with van der Waals surface area (Å²) in [5, 5.41) is 11.5. The van der Waals surface area contributed by atoms with Crippen LogP contribution in [0.2, 0.25) is 0 Å². The zero-order chi connectivity index (χ0) is 8.82. The molecule has 0 aromatic carbocycles. The maximum atomic E-state index is 13.8. The van der Waals surface area contributed by atoms with E-state index >= 15 is 0 Å². The van der Waals surface area contributed by atoms with Crippen LogP contribution in [0.15, 0.2) is 0 Å². The summed E-state index contributed by atoms with van der Waals surface area (Å²) < 4.78 is 18.7. The van der Waals surface area contributed by atoms with Crippen molar-refractivity contribution < 1.29 is 19.0 Å². The SMILES string of the molecule is O=C(O)[C@@]1(F)CNCC12COC2. The highest BCUT2D eigenvalue weighted by Gasteiger charge is 2.65. The molecule has 4 nitrogen and oxygen atoms in total. The van der Waals surface area contributed by atoms with Crippen molar-refractivity contribution in [1.82, 2.24) is 5.32 Å². The Morgan fingerprint density at radius 1 is 1.50 bits per heavy atom. The first-order chi connectivity index (χ1) is 5.61. The lowest BCUT2D eigenvalue weighted by molar-refractivity contribution is -0.192. The number of carbonyl (C=O) groups is 1. The lowest BCUT2D eigenvalue weighted by Crippen LogP contribution is -2.60. The van der Waals surface area contributed by atoms with Gasteiger partial charge in [-0.05, 0) is 0 Å². The Morgan fingerprint density at radius 3 is 2.50 bits per heavy atom. The number of nitrogens with one attached hydrogen (secondary N) is 1. The zero-order valence-electron chi connectivity index (χ0n) is 6.47. The largest absolute Gasteiger partial charge is 0.479 e. The third kappa shape index (κ3) is 0.702. The maximum Gasteiger partial charge on any atom is 0.343 e. The monoisotopic (exact) mass is 175 g/mol. The smallest absolute Gasteiger partial charge is 0.343 e. The summed E-state index contributed by atoms with van der Waals surface area (Å²) in [4.78, 5) is 10.7. The van der Waals surface area contributed by atoms with Gasteiger partial charge in [-0.15, -0.1) is 0 Å². The molecule has 68 valence electrons. The van der Waals surface area contributed by atoms with Crippen molar-refractivity contribution in [3.05, 3.63) is 0 Å². The second-order valence-corrected chi connectivity index (χ2v) is 3.48. The van der Waals surface area contributed by atoms with E-state index in [0.717, 1.165) is 0 Å². The number of alkyl halides is 1. The fourth-order valence-corrected chi connectivity index (χ4v) is 1.78. The van der Waals surface area contributed by atoms with Crippen LogP contribution in [0.25, 0.3) is 0 Å². The second kappa shape index (κ2) is 2.17. The van der Waals surface area contributed by atoms with Gasteiger partial charge in [-0.1, -0.05) is 0 Å². The summed E-state index contributed by atoms with van der Waals surface area (Å²) >= 11 is 0. The second-order valence-electron chi connectivity index (χ2n) is 3.48. The van der Waals surface area contributed by atoms with E-state index in [2.05, 4.69) is 5.32 Å². The van der Waals surface area contributed by atoms with Crippen LogP contribution in [-0.4, -0.2) is 43.0 Å². The molecule has 0 aromatic heterocycles. The lowest BCUT2D eigenvalue weighted by atomic mass is 9.74. The van der Waals surface area contributed by atoms with E-state index in [4.69, 9.17) is 9.84 Å². The Morgan fingerprint density at radius 2 is 2.17 bits per heavy atom. The van der Waals surface area contributed by atoms with Gasteiger partial charge in [0, 0.05) is 13.1 Å². The predicted molar refractivity (Wildman–Crippen MR) is 37.6 cm³/mol. The molecule has 2 saturated heterocycles. The Labute approximate surface area is 68.7 Å². The molecule has 0 unspecified atom stereocenters. The van der Waals surface area contributed by atoms with Gasteiger partial charge in [-0.3, -0.25) is 0 Å². The van der Waals surface area contributed by atoms with E-state index in [1.165, 1.54) is 0 Å².